The molecule has 2 rings (SSSR count). The summed E-state index contributed by atoms with van der Waals surface area (Å²) in [7, 11) is 0. The van der Waals surface area contributed by atoms with Gasteiger partial charge in [0.1, 0.15) is 0 Å². The zero-order chi connectivity index (χ0) is 21.3. The lowest BCUT2D eigenvalue weighted by molar-refractivity contribution is 0.177. The largest absolute Gasteiger partial charge is 0.0654 e. The van der Waals surface area contributed by atoms with Crippen LogP contribution in [0, 0.1) is 23.7 Å². The van der Waals surface area contributed by atoms with Crippen molar-refractivity contribution in [3.05, 3.63) is 0 Å². The molecule has 2 saturated carbocycles. The first-order valence-corrected chi connectivity index (χ1v) is 14.8. The first-order valence-electron chi connectivity index (χ1n) is 14.8. The van der Waals surface area contributed by atoms with Gasteiger partial charge < -0.3 is 0 Å². The van der Waals surface area contributed by atoms with Crippen LogP contribution in [0.2, 0.25) is 0 Å². The van der Waals surface area contributed by atoms with Crippen LogP contribution < -0.4 is 0 Å². The van der Waals surface area contributed by atoms with Crippen LogP contribution in [0.5, 0.6) is 0 Å². The summed E-state index contributed by atoms with van der Waals surface area (Å²) in [5.74, 6) is 4.26. The average molecular weight is 419 g/mol. The Hall–Kier alpha value is 0. The molecule has 0 saturated heterocycles. The van der Waals surface area contributed by atoms with E-state index in [0.29, 0.717) is 0 Å². The monoisotopic (exact) mass is 418 g/mol. The van der Waals surface area contributed by atoms with Gasteiger partial charge in [-0.15, -0.1) is 0 Å². The minimum Gasteiger partial charge on any atom is -0.0654 e. The van der Waals surface area contributed by atoms with Gasteiger partial charge in [-0.1, -0.05) is 162 Å². The van der Waals surface area contributed by atoms with Crippen molar-refractivity contribution in [3.63, 3.8) is 0 Å². The smallest absolute Gasteiger partial charge is 0.0383 e. The molecule has 4 atom stereocenters. The first-order chi connectivity index (χ1) is 14.8. The van der Waals surface area contributed by atoms with E-state index in [9.17, 15) is 0 Å². The Morgan fingerprint density at radius 1 is 0.433 bits per heavy atom. The highest BCUT2D eigenvalue weighted by molar-refractivity contribution is 4.81. The van der Waals surface area contributed by atoms with Crippen LogP contribution in [0.15, 0.2) is 0 Å². The molecule has 0 spiro atoms. The second-order valence-corrected chi connectivity index (χ2v) is 11.3. The molecule has 0 heteroatoms. The zero-order valence-corrected chi connectivity index (χ0v) is 21.3. The van der Waals surface area contributed by atoms with Gasteiger partial charge >= 0.3 is 0 Å². The Bertz CT molecular complexity index is 372. The van der Waals surface area contributed by atoms with Crippen molar-refractivity contribution in [1.82, 2.24) is 0 Å². The normalized spacial score (nSPS) is 29.4. The molecular formula is C30H58. The van der Waals surface area contributed by atoms with E-state index in [-0.39, 0.29) is 0 Å². The lowest BCUT2D eigenvalue weighted by Gasteiger charge is -2.33. The fourth-order valence-electron chi connectivity index (χ4n) is 6.89. The number of hydrogen-bond donors (Lipinski definition) is 0. The van der Waals surface area contributed by atoms with Crippen LogP contribution in [0.1, 0.15) is 168 Å². The molecule has 2 bridgehead atoms. The Kier molecular flexibility index (Phi) is 15.4. The second kappa shape index (κ2) is 17.5. The molecule has 0 N–H and O–H groups in total. The molecule has 178 valence electrons. The third-order valence-electron chi connectivity index (χ3n) is 8.85. The van der Waals surface area contributed by atoms with Crippen LogP contribution >= 0.6 is 0 Å². The van der Waals surface area contributed by atoms with Gasteiger partial charge in [-0.2, -0.15) is 0 Å². The number of hydrogen-bond acceptors (Lipinski definition) is 0. The molecule has 0 amide bonds. The highest BCUT2D eigenvalue weighted by Gasteiger charge is 2.30. The van der Waals surface area contributed by atoms with E-state index in [1.54, 1.807) is 44.9 Å². The highest BCUT2D eigenvalue weighted by atomic mass is 14.4. The van der Waals surface area contributed by atoms with Gasteiger partial charge in [-0.05, 0) is 30.1 Å². The third kappa shape index (κ3) is 11.0. The van der Waals surface area contributed by atoms with Crippen LogP contribution in [0.3, 0.4) is 0 Å². The van der Waals surface area contributed by atoms with Crippen molar-refractivity contribution in [1.29, 1.82) is 0 Å². The minimum atomic E-state index is 1.06. The summed E-state index contributed by atoms with van der Waals surface area (Å²) in [5.41, 5.74) is 0. The van der Waals surface area contributed by atoms with Gasteiger partial charge in [0.05, 0.1) is 0 Å². The zero-order valence-electron chi connectivity index (χ0n) is 21.3. The van der Waals surface area contributed by atoms with Crippen LogP contribution in [0.4, 0.5) is 0 Å². The fourth-order valence-corrected chi connectivity index (χ4v) is 6.89. The maximum atomic E-state index is 2.36. The van der Waals surface area contributed by atoms with Crippen molar-refractivity contribution in [2.45, 2.75) is 168 Å². The number of unbranched alkanes of at least 4 members (excludes halogenated alkanes) is 7. The fraction of sp³-hybridized carbons (Fsp3) is 1.00. The molecule has 0 aromatic rings. The maximum absolute atomic E-state index is 2.36. The van der Waals surface area contributed by atoms with Crippen LogP contribution in [-0.4, -0.2) is 0 Å². The topological polar surface area (TPSA) is 0 Å². The molecule has 0 aliphatic heterocycles. The van der Waals surface area contributed by atoms with Gasteiger partial charge in [-0.3, -0.25) is 0 Å². The van der Waals surface area contributed by atoms with E-state index in [1.807, 2.05) is 0 Å². The summed E-state index contributed by atoms with van der Waals surface area (Å²) in [6.45, 7) is 4.71. The summed E-state index contributed by atoms with van der Waals surface area (Å²) in [6.07, 6.45) is 36.4. The second-order valence-electron chi connectivity index (χ2n) is 11.3. The highest BCUT2D eigenvalue weighted by Crippen LogP contribution is 2.42. The summed E-state index contributed by atoms with van der Waals surface area (Å²) in [5, 5.41) is 0. The lowest BCUT2D eigenvalue weighted by Crippen LogP contribution is -2.22. The van der Waals surface area contributed by atoms with Crippen LogP contribution in [-0.2, 0) is 0 Å². The summed E-state index contributed by atoms with van der Waals surface area (Å²) >= 11 is 0. The predicted molar refractivity (Wildman–Crippen MR) is 136 cm³/mol. The van der Waals surface area contributed by atoms with Crippen molar-refractivity contribution in [2.75, 3.05) is 0 Å². The van der Waals surface area contributed by atoms with Gasteiger partial charge in [-0.25, -0.2) is 0 Å². The Morgan fingerprint density at radius 2 is 0.833 bits per heavy atom. The molecular weight excluding hydrogens is 360 g/mol. The average Bonchev–Trinajstić information content (AvgIpc) is 2.78. The summed E-state index contributed by atoms with van der Waals surface area (Å²) in [4.78, 5) is 0. The van der Waals surface area contributed by atoms with E-state index < -0.39 is 0 Å². The maximum Gasteiger partial charge on any atom is -0.0383 e. The van der Waals surface area contributed by atoms with E-state index in [2.05, 4.69) is 13.8 Å². The molecule has 4 unspecified atom stereocenters. The van der Waals surface area contributed by atoms with Gasteiger partial charge in [0, 0.05) is 0 Å². The molecule has 0 heterocycles. The van der Waals surface area contributed by atoms with Crippen molar-refractivity contribution >= 4 is 0 Å². The third-order valence-corrected chi connectivity index (χ3v) is 8.85. The van der Waals surface area contributed by atoms with Gasteiger partial charge in [0.2, 0.25) is 0 Å². The molecule has 0 aromatic heterocycles. The summed E-state index contributed by atoms with van der Waals surface area (Å²) in [6, 6.07) is 0. The van der Waals surface area contributed by atoms with E-state index in [4.69, 9.17) is 0 Å². The van der Waals surface area contributed by atoms with Gasteiger partial charge in [0.15, 0.2) is 0 Å². The number of rotatable bonds is 11. The van der Waals surface area contributed by atoms with Crippen molar-refractivity contribution < 1.29 is 0 Å². The Labute approximate surface area is 191 Å². The lowest BCUT2D eigenvalue weighted by atomic mass is 9.72. The van der Waals surface area contributed by atoms with E-state index in [1.165, 1.54) is 109 Å². The van der Waals surface area contributed by atoms with E-state index in [0.717, 1.165) is 23.7 Å². The molecule has 0 aromatic carbocycles. The van der Waals surface area contributed by atoms with Crippen LogP contribution in [0.25, 0.3) is 0 Å². The van der Waals surface area contributed by atoms with Crippen molar-refractivity contribution in [2.24, 2.45) is 23.7 Å². The molecule has 2 aliphatic carbocycles. The Balaban J connectivity index is 2.00. The molecule has 0 radical (unpaired) electrons. The first kappa shape index (κ1) is 26.3. The SMILES string of the molecule is CCCCCCCC1CCCCC(CCCCCC)C2CCCCCCCCC1C2. The molecule has 30 heavy (non-hydrogen) atoms. The summed E-state index contributed by atoms with van der Waals surface area (Å²) < 4.78 is 0. The standard InChI is InChI=1S/C30H58/c1-3-5-7-11-15-21-28-23-19-18-22-27(20-14-8-6-4-2)29-24-16-12-9-10-13-17-25-30(28)26-29/h27-30H,3-26H2,1-2H3. The molecule has 2 aliphatic rings. The quantitative estimate of drug-likeness (QED) is 0.293. The predicted octanol–water partition coefficient (Wildman–Crippen LogP) is 10.9. The van der Waals surface area contributed by atoms with Crippen molar-refractivity contribution in [3.8, 4) is 0 Å². The minimum absolute atomic E-state index is 1.06. The van der Waals surface area contributed by atoms with Gasteiger partial charge in [0.25, 0.3) is 0 Å². The molecule has 2 fully saturated rings. The molecule has 0 nitrogen and oxygen atoms in total. The van der Waals surface area contributed by atoms with E-state index >= 15 is 0 Å². The number of fused-ring (bicyclic) bond motifs is 2. The Morgan fingerprint density at radius 3 is 1.33 bits per heavy atom.